The number of carbonyl (C=O) groups is 1. The van der Waals surface area contributed by atoms with Gasteiger partial charge in [-0.15, -0.1) is 11.3 Å². The molecule has 2 rings (SSSR count). The number of nitrogens with two attached hydrogens (primary N) is 1. The summed E-state index contributed by atoms with van der Waals surface area (Å²) in [6.45, 7) is 0.374. The Kier molecular flexibility index (Phi) is 3.11. The fourth-order valence-electron chi connectivity index (χ4n) is 1.18. The summed E-state index contributed by atoms with van der Waals surface area (Å²) in [4.78, 5) is 20.0. The van der Waals surface area contributed by atoms with Crippen LogP contribution in [0.15, 0.2) is 30.0 Å². The quantitative estimate of drug-likeness (QED) is 0.831. The number of aromatic nitrogens is 2. The zero-order chi connectivity index (χ0) is 11.4. The minimum atomic E-state index is -0.175. The van der Waals surface area contributed by atoms with Crippen LogP contribution in [0.25, 0.3) is 0 Å². The zero-order valence-corrected chi connectivity index (χ0v) is 9.20. The molecule has 0 aliphatic carbocycles. The Morgan fingerprint density at radius 3 is 3.00 bits per heavy atom. The summed E-state index contributed by atoms with van der Waals surface area (Å²) in [6, 6.07) is 3.46. The third-order valence-electron chi connectivity index (χ3n) is 1.98. The van der Waals surface area contributed by atoms with E-state index in [4.69, 9.17) is 5.73 Å². The number of carbonyl (C=O) groups excluding carboxylic acids is 1. The molecule has 0 spiro atoms. The van der Waals surface area contributed by atoms with Crippen LogP contribution in [0.2, 0.25) is 0 Å². The van der Waals surface area contributed by atoms with Gasteiger partial charge in [0.2, 0.25) is 0 Å². The maximum atomic E-state index is 11.7. The fourth-order valence-corrected chi connectivity index (χ4v) is 1.91. The molecule has 0 aliphatic rings. The smallest absolute Gasteiger partial charge is 0.263 e. The maximum Gasteiger partial charge on any atom is 0.263 e. The van der Waals surface area contributed by atoms with Crippen molar-refractivity contribution in [1.29, 1.82) is 0 Å². The van der Waals surface area contributed by atoms with Crippen LogP contribution in [0.3, 0.4) is 0 Å². The van der Waals surface area contributed by atoms with E-state index < -0.39 is 0 Å². The molecule has 0 aliphatic heterocycles. The average Bonchev–Trinajstić information content (AvgIpc) is 2.74. The Balaban J connectivity index is 1.97. The summed E-state index contributed by atoms with van der Waals surface area (Å²) in [5.41, 5.74) is 6.90. The van der Waals surface area contributed by atoms with E-state index in [-0.39, 0.29) is 5.91 Å². The van der Waals surface area contributed by atoms with Crippen molar-refractivity contribution in [2.75, 3.05) is 5.73 Å². The van der Waals surface area contributed by atoms with Crippen molar-refractivity contribution >= 4 is 22.9 Å². The van der Waals surface area contributed by atoms with Gasteiger partial charge in [0, 0.05) is 6.20 Å². The van der Waals surface area contributed by atoms with Gasteiger partial charge in [0.15, 0.2) is 0 Å². The van der Waals surface area contributed by atoms with Gasteiger partial charge in [-0.3, -0.25) is 4.79 Å². The summed E-state index contributed by atoms with van der Waals surface area (Å²) in [6.07, 6.45) is 3.08. The zero-order valence-electron chi connectivity index (χ0n) is 8.38. The first-order chi connectivity index (χ1) is 7.77. The predicted molar refractivity (Wildman–Crippen MR) is 61.9 cm³/mol. The molecule has 16 heavy (non-hydrogen) atoms. The Hall–Kier alpha value is -1.95. The van der Waals surface area contributed by atoms with Crippen molar-refractivity contribution in [3.05, 3.63) is 40.6 Å². The second-order valence-electron chi connectivity index (χ2n) is 3.09. The van der Waals surface area contributed by atoms with Gasteiger partial charge >= 0.3 is 0 Å². The standard InChI is InChI=1S/C10H10N4OS/c11-8-2-4-16-9(8)10(15)13-5-7-1-3-12-6-14-7/h1-4,6H,5,11H2,(H,13,15). The molecule has 0 atom stereocenters. The summed E-state index contributed by atoms with van der Waals surface area (Å²) >= 11 is 1.32. The molecule has 0 fully saturated rings. The van der Waals surface area contributed by atoms with E-state index in [2.05, 4.69) is 15.3 Å². The molecule has 5 nitrogen and oxygen atoms in total. The van der Waals surface area contributed by atoms with E-state index in [0.717, 1.165) is 5.69 Å². The molecule has 1 amide bonds. The highest BCUT2D eigenvalue weighted by Crippen LogP contribution is 2.18. The van der Waals surface area contributed by atoms with E-state index in [9.17, 15) is 4.79 Å². The number of hydrogen-bond donors (Lipinski definition) is 2. The van der Waals surface area contributed by atoms with Crippen LogP contribution in [0.4, 0.5) is 5.69 Å². The highest BCUT2D eigenvalue weighted by molar-refractivity contribution is 7.12. The minimum Gasteiger partial charge on any atom is -0.397 e. The normalized spacial score (nSPS) is 10.0. The third kappa shape index (κ3) is 2.34. The first-order valence-corrected chi connectivity index (χ1v) is 5.51. The molecule has 2 heterocycles. The van der Waals surface area contributed by atoms with Crippen molar-refractivity contribution in [2.24, 2.45) is 0 Å². The van der Waals surface area contributed by atoms with Crippen LogP contribution < -0.4 is 11.1 Å². The van der Waals surface area contributed by atoms with Gasteiger partial charge in [-0.25, -0.2) is 9.97 Å². The molecule has 0 bridgehead atoms. The number of rotatable bonds is 3. The van der Waals surface area contributed by atoms with Gasteiger partial charge in [-0.1, -0.05) is 0 Å². The predicted octanol–water partition coefficient (Wildman–Crippen LogP) is 1.05. The first kappa shape index (κ1) is 10.6. The van der Waals surface area contributed by atoms with Crippen LogP contribution >= 0.6 is 11.3 Å². The van der Waals surface area contributed by atoms with Crippen LogP contribution in [0, 0.1) is 0 Å². The van der Waals surface area contributed by atoms with E-state index in [1.807, 2.05) is 0 Å². The van der Waals surface area contributed by atoms with Gasteiger partial charge in [-0.05, 0) is 17.5 Å². The molecule has 0 radical (unpaired) electrons. The number of nitrogens with zero attached hydrogens (tertiary/aromatic N) is 2. The average molecular weight is 234 g/mol. The van der Waals surface area contributed by atoms with Gasteiger partial charge in [-0.2, -0.15) is 0 Å². The van der Waals surface area contributed by atoms with Crippen LogP contribution in [0.5, 0.6) is 0 Å². The van der Waals surface area contributed by atoms with Crippen molar-refractivity contribution in [3.63, 3.8) is 0 Å². The topological polar surface area (TPSA) is 80.9 Å². The van der Waals surface area contributed by atoms with Crippen molar-refractivity contribution in [1.82, 2.24) is 15.3 Å². The number of nitrogen functional groups attached to an aromatic ring is 1. The number of nitrogens with one attached hydrogen (secondary N) is 1. The Morgan fingerprint density at radius 1 is 1.50 bits per heavy atom. The third-order valence-corrected chi connectivity index (χ3v) is 2.90. The molecule has 2 aromatic heterocycles. The molecule has 0 aromatic carbocycles. The second kappa shape index (κ2) is 4.71. The van der Waals surface area contributed by atoms with Crippen LogP contribution in [0.1, 0.15) is 15.4 Å². The monoisotopic (exact) mass is 234 g/mol. The molecule has 0 unspecified atom stereocenters. The van der Waals surface area contributed by atoms with E-state index >= 15 is 0 Å². The Labute approximate surface area is 96.3 Å². The SMILES string of the molecule is Nc1ccsc1C(=O)NCc1ccncn1. The summed E-state index contributed by atoms with van der Waals surface area (Å²) in [5, 5.41) is 4.53. The lowest BCUT2D eigenvalue weighted by molar-refractivity contribution is 0.0955. The molecular formula is C10H10N4OS. The van der Waals surface area contributed by atoms with E-state index in [1.165, 1.54) is 17.7 Å². The van der Waals surface area contributed by atoms with Gasteiger partial charge in [0.1, 0.15) is 11.2 Å². The summed E-state index contributed by atoms with van der Waals surface area (Å²) in [5.74, 6) is -0.175. The van der Waals surface area contributed by atoms with Gasteiger partial charge < -0.3 is 11.1 Å². The highest BCUT2D eigenvalue weighted by Gasteiger charge is 2.10. The van der Waals surface area contributed by atoms with Crippen LogP contribution in [-0.4, -0.2) is 15.9 Å². The van der Waals surface area contributed by atoms with E-state index in [1.54, 1.807) is 23.7 Å². The highest BCUT2D eigenvalue weighted by atomic mass is 32.1. The van der Waals surface area contributed by atoms with Crippen molar-refractivity contribution in [2.45, 2.75) is 6.54 Å². The maximum absolute atomic E-state index is 11.7. The molecule has 3 N–H and O–H groups in total. The molecule has 2 aromatic rings. The summed E-state index contributed by atoms with van der Waals surface area (Å²) in [7, 11) is 0. The van der Waals surface area contributed by atoms with Gasteiger partial charge in [0.05, 0.1) is 17.9 Å². The summed E-state index contributed by atoms with van der Waals surface area (Å²) < 4.78 is 0. The molecule has 6 heteroatoms. The lowest BCUT2D eigenvalue weighted by Gasteiger charge is -2.03. The molecule has 82 valence electrons. The fraction of sp³-hybridized carbons (Fsp3) is 0.100. The van der Waals surface area contributed by atoms with Crippen LogP contribution in [-0.2, 0) is 6.54 Å². The molecular weight excluding hydrogens is 224 g/mol. The van der Waals surface area contributed by atoms with Gasteiger partial charge in [0.25, 0.3) is 5.91 Å². The largest absolute Gasteiger partial charge is 0.397 e. The van der Waals surface area contributed by atoms with Crippen molar-refractivity contribution in [3.8, 4) is 0 Å². The first-order valence-electron chi connectivity index (χ1n) is 4.63. The minimum absolute atomic E-state index is 0.175. The van der Waals surface area contributed by atoms with E-state index in [0.29, 0.717) is 17.1 Å². The Bertz CT molecular complexity index is 483. The Morgan fingerprint density at radius 2 is 2.38 bits per heavy atom. The lowest BCUT2D eigenvalue weighted by Crippen LogP contribution is -2.23. The number of thiophene rings is 1. The number of anilines is 1. The molecule has 0 saturated heterocycles. The number of amides is 1. The van der Waals surface area contributed by atoms with Crippen molar-refractivity contribution < 1.29 is 4.79 Å². The number of hydrogen-bond acceptors (Lipinski definition) is 5. The second-order valence-corrected chi connectivity index (χ2v) is 4.00. The molecule has 0 saturated carbocycles. The lowest BCUT2D eigenvalue weighted by atomic mass is 10.3.